The fourth-order valence-electron chi connectivity index (χ4n) is 0.276. The van der Waals surface area contributed by atoms with E-state index in [1.807, 2.05) is 0 Å². The normalized spacial score (nSPS) is 14.0. The number of rotatable bonds is 3. The summed E-state index contributed by atoms with van der Waals surface area (Å²) in [6, 6.07) is 0. The average Bonchev–Trinajstić information content (AvgIpc) is 1.68. The molecule has 0 bridgehead atoms. The van der Waals surface area contributed by atoms with Crippen LogP contribution in [0.25, 0.3) is 0 Å². The Hall–Kier alpha value is -0.210. The van der Waals surface area contributed by atoms with E-state index in [-0.39, 0.29) is 6.10 Å². The number of aliphatic hydroxyl groups excluding tert-OH is 1. The van der Waals surface area contributed by atoms with Crippen LogP contribution in [0, 0.1) is 6.92 Å². The molecule has 2 nitrogen and oxygen atoms in total. The van der Waals surface area contributed by atoms with Gasteiger partial charge in [-0.05, 0) is 0 Å². The SMILES string of the molecule is [CH2+]CC(O)COC. The molecule has 0 amide bonds. The molecule has 0 aromatic carbocycles. The summed E-state index contributed by atoms with van der Waals surface area (Å²) in [4.78, 5) is 0. The fraction of sp³-hybridized carbons (Fsp3) is 0.800. The van der Waals surface area contributed by atoms with E-state index in [9.17, 15) is 0 Å². The van der Waals surface area contributed by atoms with Gasteiger partial charge in [0.1, 0.15) is 12.5 Å². The quantitative estimate of drug-likeness (QED) is 0.518. The van der Waals surface area contributed by atoms with Gasteiger partial charge < -0.3 is 9.84 Å². The van der Waals surface area contributed by atoms with Gasteiger partial charge in [-0.1, -0.05) is 0 Å². The summed E-state index contributed by atoms with van der Waals surface area (Å²) in [5.74, 6) is 0. The maximum absolute atomic E-state index is 8.67. The second kappa shape index (κ2) is 3.96. The Bertz CT molecular complexity index is 37.1. The number of aliphatic hydroxyl groups is 1. The summed E-state index contributed by atoms with van der Waals surface area (Å²) in [6.07, 6.45) is 0.137. The van der Waals surface area contributed by atoms with Crippen molar-refractivity contribution in [2.24, 2.45) is 0 Å². The number of hydrogen-bond acceptors (Lipinski definition) is 2. The fourth-order valence-corrected chi connectivity index (χ4v) is 0.276. The van der Waals surface area contributed by atoms with Crippen molar-refractivity contribution >= 4 is 0 Å². The summed E-state index contributed by atoms with van der Waals surface area (Å²) in [5.41, 5.74) is 0. The Morgan fingerprint density at radius 3 is 2.57 bits per heavy atom. The number of ether oxygens (including phenoxy) is 1. The lowest BCUT2D eigenvalue weighted by atomic mass is 10.3. The minimum absolute atomic E-state index is 0.384. The lowest BCUT2D eigenvalue weighted by Gasteiger charge is -1.99. The Balaban J connectivity index is 2.83. The summed E-state index contributed by atoms with van der Waals surface area (Å²) < 4.78 is 4.60. The Morgan fingerprint density at radius 2 is 2.43 bits per heavy atom. The highest BCUT2D eigenvalue weighted by Gasteiger charge is 2.00. The standard InChI is InChI=1S/C5H11O2/c1-3-5(6)4-7-2/h5-6H,1,3-4H2,2H3/q+1. The molecule has 0 aliphatic carbocycles. The maximum atomic E-state index is 8.67. The van der Waals surface area contributed by atoms with Gasteiger partial charge >= 0.3 is 0 Å². The molecule has 1 unspecified atom stereocenters. The zero-order valence-electron chi connectivity index (χ0n) is 4.55. The first-order valence-corrected chi connectivity index (χ1v) is 2.27. The molecule has 0 saturated heterocycles. The number of hydrogen-bond donors (Lipinski definition) is 1. The second-order valence-corrected chi connectivity index (χ2v) is 1.40. The molecule has 0 aliphatic rings. The zero-order chi connectivity index (χ0) is 5.70. The minimum atomic E-state index is -0.384. The predicted molar refractivity (Wildman–Crippen MR) is 27.9 cm³/mol. The molecular weight excluding hydrogens is 92.1 g/mol. The van der Waals surface area contributed by atoms with Crippen molar-refractivity contribution in [1.29, 1.82) is 0 Å². The molecule has 7 heavy (non-hydrogen) atoms. The molecular formula is C5H11O2+. The molecule has 0 radical (unpaired) electrons. The van der Waals surface area contributed by atoms with Crippen LogP contribution in [-0.4, -0.2) is 24.9 Å². The summed E-state index contributed by atoms with van der Waals surface area (Å²) >= 11 is 0. The van der Waals surface area contributed by atoms with Gasteiger partial charge in [0.05, 0.1) is 13.5 Å². The van der Waals surface area contributed by atoms with E-state index in [1.165, 1.54) is 0 Å². The monoisotopic (exact) mass is 103 g/mol. The number of methoxy groups -OCH3 is 1. The van der Waals surface area contributed by atoms with E-state index >= 15 is 0 Å². The molecule has 42 valence electrons. The molecule has 1 N–H and O–H groups in total. The van der Waals surface area contributed by atoms with Crippen LogP contribution in [0.5, 0.6) is 0 Å². The van der Waals surface area contributed by atoms with Gasteiger partial charge in [0.25, 0.3) is 0 Å². The van der Waals surface area contributed by atoms with Crippen LogP contribution in [0.2, 0.25) is 0 Å². The van der Waals surface area contributed by atoms with Crippen LogP contribution in [0.3, 0.4) is 0 Å². The van der Waals surface area contributed by atoms with E-state index < -0.39 is 0 Å². The van der Waals surface area contributed by atoms with E-state index in [1.54, 1.807) is 7.11 Å². The predicted octanol–water partition coefficient (Wildman–Crippen LogP) is 0.218. The summed E-state index contributed by atoms with van der Waals surface area (Å²) in [6.45, 7) is 3.87. The van der Waals surface area contributed by atoms with Gasteiger partial charge in [-0.15, -0.1) is 0 Å². The van der Waals surface area contributed by atoms with Crippen LogP contribution in [0.15, 0.2) is 0 Å². The molecule has 0 saturated carbocycles. The Morgan fingerprint density at radius 1 is 1.86 bits per heavy atom. The van der Waals surface area contributed by atoms with Crippen LogP contribution in [0.1, 0.15) is 6.42 Å². The largest absolute Gasteiger partial charge is 0.386 e. The second-order valence-electron chi connectivity index (χ2n) is 1.40. The highest BCUT2D eigenvalue weighted by molar-refractivity contribution is 4.52. The van der Waals surface area contributed by atoms with Gasteiger partial charge in [-0.2, -0.15) is 0 Å². The molecule has 0 fully saturated rings. The molecule has 0 aliphatic heterocycles. The van der Waals surface area contributed by atoms with Crippen molar-refractivity contribution < 1.29 is 9.84 Å². The van der Waals surface area contributed by atoms with Crippen molar-refractivity contribution in [2.75, 3.05) is 13.7 Å². The third kappa shape index (κ3) is 3.62. The molecule has 1 atom stereocenters. The van der Waals surface area contributed by atoms with E-state index in [0.29, 0.717) is 13.0 Å². The van der Waals surface area contributed by atoms with Crippen LogP contribution in [-0.2, 0) is 4.74 Å². The lowest BCUT2D eigenvalue weighted by Crippen LogP contribution is -2.11. The van der Waals surface area contributed by atoms with Crippen LogP contribution < -0.4 is 0 Å². The topological polar surface area (TPSA) is 29.5 Å². The Kier molecular flexibility index (Phi) is 3.84. The Labute approximate surface area is 44.1 Å². The minimum Gasteiger partial charge on any atom is -0.386 e. The van der Waals surface area contributed by atoms with E-state index in [2.05, 4.69) is 11.7 Å². The van der Waals surface area contributed by atoms with Crippen molar-refractivity contribution in [3.05, 3.63) is 6.92 Å². The third-order valence-electron chi connectivity index (χ3n) is 0.692. The van der Waals surface area contributed by atoms with Crippen LogP contribution >= 0.6 is 0 Å². The summed E-state index contributed by atoms with van der Waals surface area (Å²) in [5, 5.41) is 8.67. The first-order valence-electron chi connectivity index (χ1n) is 2.27. The van der Waals surface area contributed by atoms with E-state index in [0.717, 1.165) is 0 Å². The van der Waals surface area contributed by atoms with E-state index in [4.69, 9.17) is 5.11 Å². The van der Waals surface area contributed by atoms with Crippen LogP contribution in [0.4, 0.5) is 0 Å². The molecule has 0 heterocycles. The van der Waals surface area contributed by atoms with Gasteiger partial charge in [0, 0.05) is 7.11 Å². The first-order chi connectivity index (χ1) is 3.31. The van der Waals surface area contributed by atoms with Gasteiger partial charge in [-0.25, -0.2) is 0 Å². The molecule has 2 heteroatoms. The molecule has 0 spiro atoms. The molecule has 0 rings (SSSR count). The highest BCUT2D eigenvalue weighted by atomic mass is 16.5. The smallest absolute Gasteiger partial charge is 0.117 e. The lowest BCUT2D eigenvalue weighted by molar-refractivity contribution is 0.0663. The third-order valence-corrected chi connectivity index (χ3v) is 0.692. The van der Waals surface area contributed by atoms with Crippen molar-refractivity contribution in [1.82, 2.24) is 0 Å². The highest BCUT2D eigenvalue weighted by Crippen LogP contribution is 1.86. The zero-order valence-corrected chi connectivity index (χ0v) is 4.55. The first kappa shape index (κ1) is 6.79. The summed E-state index contributed by atoms with van der Waals surface area (Å²) in [7, 11) is 1.55. The maximum Gasteiger partial charge on any atom is 0.117 e. The van der Waals surface area contributed by atoms with Crippen molar-refractivity contribution in [2.45, 2.75) is 12.5 Å². The van der Waals surface area contributed by atoms with Crippen molar-refractivity contribution in [3.8, 4) is 0 Å². The molecule has 0 aromatic heterocycles. The average molecular weight is 103 g/mol. The van der Waals surface area contributed by atoms with Gasteiger partial charge in [0.15, 0.2) is 0 Å². The van der Waals surface area contributed by atoms with Gasteiger partial charge in [-0.3, -0.25) is 0 Å². The van der Waals surface area contributed by atoms with Gasteiger partial charge in [0.2, 0.25) is 0 Å². The molecule has 0 aromatic rings. The van der Waals surface area contributed by atoms with Crippen molar-refractivity contribution in [3.63, 3.8) is 0 Å².